The molecule has 0 spiro atoms. The highest BCUT2D eigenvalue weighted by atomic mass is 16.5. The van der Waals surface area contributed by atoms with E-state index < -0.39 is 0 Å². The fraction of sp³-hybridized carbons (Fsp3) is 0.125. The summed E-state index contributed by atoms with van der Waals surface area (Å²) < 4.78 is 5.16. The molecule has 2 heteroatoms. The van der Waals surface area contributed by atoms with E-state index in [2.05, 4.69) is 11.8 Å². The number of ether oxygens (including phenoxy) is 1. The van der Waals surface area contributed by atoms with Crippen LogP contribution >= 0.6 is 0 Å². The quantitative estimate of drug-likeness (QED) is 0.611. The molecule has 0 unspecified atom stereocenters. The van der Waals surface area contributed by atoms with Gasteiger partial charge in [0.05, 0.1) is 7.11 Å². The number of rotatable bonds is 1. The van der Waals surface area contributed by atoms with Crippen molar-refractivity contribution in [2.24, 2.45) is 0 Å². The molecule has 0 atom stereocenters. The van der Waals surface area contributed by atoms with Crippen molar-refractivity contribution in [3.63, 3.8) is 0 Å². The number of hydrogen-bond acceptors (Lipinski definition) is 2. The Balaban J connectivity index is 2.30. The van der Waals surface area contributed by atoms with Crippen molar-refractivity contribution >= 4 is 5.69 Å². The van der Waals surface area contributed by atoms with Crippen LogP contribution in [0.2, 0.25) is 0 Å². The summed E-state index contributed by atoms with van der Waals surface area (Å²) in [5.74, 6) is 7.10. The van der Waals surface area contributed by atoms with E-state index in [0.29, 0.717) is 0 Å². The van der Waals surface area contributed by atoms with Crippen molar-refractivity contribution in [3.05, 3.63) is 59.2 Å². The first-order valence-electron chi connectivity index (χ1n) is 5.71. The third-order valence-corrected chi connectivity index (χ3v) is 2.66. The molecule has 0 aliphatic rings. The lowest BCUT2D eigenvalue weighted by molar-refractivity contribution is 0.414. The van der Waals surface area contributed by atoms with Crippen LogP contribution in [0.25, 0.3) is 0 Å². The average molecular weight is 237 g/mol. The SMILES string of the molecule is COc1ccc(C#Cc2cccc(N)c2)c(C)c1. The molecule has 2 aromatic rings. The smallest absolute Gasteiger partial charge is 0.119 e. The number of anilines is 1. The fourth-order valence-electron chi connectivity index (χ4n) is 1.66. The number of hydrogen-bond donors (Lipinski definition) is 1. The molecule has 2 nitrogen and oxygen atoms in total. The molecule has 0 aromatic heterocycles. The van der Waals surface area contributed by atoms with Gasteiger partial charge in [0.1, 0.15) is 5.75 Å². The Kier molecular flexibility index (Phi) is 3.54. The Labute approximate surface area is 107 Å². The number of aryl methyl sites for hydroxylation is 1. The van der Waals surface area contributed by atoms with Gasteiger partial charge in [-0.1, -0.05) is 17.9 Å². The highest BCUT2D eigenvalue weighted by molar-refractivity contribution is 5.51. The van der Waals surface area contributed by atoms with Gasteiger partial charge in [0.15, 0.2) is 0 Å². The second-order valence-corrected chi connectivity index (χ2v) is 4.06. The summed E-state index contributed by atoms with van der Waals surface area (Å²) in [5.41, 5.74) is 9.46. The molecule has 18 heavy (non-hydrogen) atoms. The Bertz CT molecular complexity index is 620. The summed E-state index contributed by atoms with van der Waals surface area (Å²) in [7, 11) is 1.66. The zero-order valence-electron chi connectivity index (χ0n) is 10.5. The second kappa shape index (κ2) is 5.29. The highest BCUT2D eigenvalue weighted by Crippen LogP contribution is 2.16. The molecule has 0 fully saturated rings. The average Bonchev–Trinajstić information content (AvgIpc) is 2.37. The molecule has 90 valence electrons. The van der Waals surface area contributed by atoms with Crippen LogP contribution in [0.5, 0.6) is 5.75 Å². The van der Waals surface area contributed by atoms with E-state index in [1.54, 1.807) is 7.11 Å². The molecule has 0 aliphatic heterocycles. The van der Waals surface area contributed by atoms with Gasteiger partial charge >= 0.3 is 0 Å². The molecule has 0 heterocycles. The summed E-state index contributed by atoms with van der Waals surface area (Å²) in [6.45, 7) is 2.02. The molecule has 0 bridgehead atoms. The maximum absolute atomic E-state index is 5.71. The van der Waals surface area contributed by atoms with Gasteiger partial charge in [0.25, 0.3) is 0 Å². The summed E-state index contributed by atoms with van der Waals surface area (Å²) in [6.07, 6.45) is 0. The number of nitrogens with two attached hydrogens (primary N) is 1. The number of benzene rings is 2. The Morgan fingerprint density at radius 3 is 2.56 bits per heavy atom. The third kappa shape index (κ3) is 2.83. The first kappa shape index (κ1) is 12.1. The van der Waals surface area contributed by atoms with Gasteiger partial charge in [0, 0.05) is 16.8 Å². The zero-order chi connectivity index (χ0) is 13.0. The van der Waals surface area contributed by atoms with E-state index in [0.717, 1.165) is 28.1 Å². The van der Waals surface area contributed by atoms with Crippen molar-refractivity contribution in [2.45, 2.75) is 6.92 Å². The van der Waals surface area contributed by atoms with Crippen LogP contribution < -0.4 is 10.5 Å². The Hall–Kier alpha value is -2.40. The summed E-state index contributed by atoms with van der Waals surface area (Å²) in [6, 6.07) is 13.4. The van der Waals surface area contributed by atoms with Gasteiger partial charge in [-0.05, 0) is 48.9 Å². The molecule has 0 saturated heterocycles. The lowest BCUT2D eigenvalue weighted by atomic mass is 10.1. The summed E-state index contributed by atoms with van der Waals surface area (Å²) in [4.78, 5) is 0. The minimum Gasteiger partial charge on any atom is -0.497 e. The van der Waals surface area contributed by atoms with Crippen molar-refractivity contribution in [1.29, 1.82) is 0 Å². The van der Waals surface area contributed by atoms with Crippen LogP contribution in [0.1, 0.15) is 16.7 Å². The van der Waals surface area contributed by atoms with Crippen molar-refractivity contribution in [1.82, 2.24) is 0 Å². The normalized spacial score (nSPS) is 9.44. The standard InChI is InChI=1S/C16H15NO/c1-12-10-16(18-2)9-8-14(12)7-6-13-4-3-5-15(17)11-13/h3-5,8-11H,17H2,1-2H3. The first-order chi connectivity index (χ1) is 8.69. The molecule has 2 rings (SSSR count). The topological polar surface area (TPSA) is 35.2 Å². The molecule has 0 saturated carbocycles. The zero-order valence-corrected chi connectivity index (χ0v) is 10.5. The first-order valence-corrected chi connectivity index (χ1v) is 5.71. The molecule has 2 N–H and O–H groups in total. The molecular weight excluding hydrogens is 222 g/mol. The van der Waals surface area contributed by atoms with Crippen LogP contribution in [0, 0.1) is 18.8 Å². The predicted octanol–water partition coefficient (Wildman–Crippen LogP) is 2.99. The minimum absolute atomic E-state index is 0.730. The van der Waals surface area contributed by atoms with E-state index in [-0.39, 0.29) is 0 Å². The van der Waals surface area contributed by atoms with Crippen molar-refractivity contribution < 1.29 is 4.74 Å². The fourth-order valence-corrected chi connectivity index (χ4v) is 1.66. The lowest BCUT2D eigenvalue weighted by Gasteiger charge is -2.02. The number of nitrogen functional groups attached to an aromatic ring is 1. The van der Waals surface area contributed by atoms with Crippen LogP contribution in [-0.4, -0.2) is 7.11 Å². The predicted molar refractivity (Wildman–Crippen MR) is 74.6 cm³/mol. The molecule has 0 radical (unpaired) electrons. The second-order valence-electron chi connectivity index (χ2n) is 4.06. The van der Waals surface area contributed by atoms with E-state index >= 15 is 0 Å². The maximum atomic E-state index is 5.71. The van der Waals surface area contributed by atoms with E-state index in [9.17, 15) is 0 Å². The Morgan fingerprint density at radius 2 is 1.89 bits per heavy atom. The largest absolute Gasteiger partial charge is 0.497 e. The van der Waals surface area contributed by atoms with Crippen LogP contribution in [0.15, 0.2) is 42.5 Å². The lowest BCUT2D eigenvalue weighted by Crippen LogP contribution is -1.87. The highest BCUT2D eigenvalue weighted by Gasteiger charge is 1.97. The molecule has 2 aromatic carbocycles. The van der Waals surface area contributed by atoms with Gasteiger partial charge < -0.3 is 10.5 Å². The van der Waals surface area contributed by atoms with Gasteiger partial charge in [-0.2, -0.15) is 0 Å². The van der Waals surface area contributed by atoms with E-state index in [1.165, 1.54) is 0 Å². The third-order valence-electron chi connectivity index (χ3n) is 2.66. The van der Waals surface area contributed by atoms with Gasteiger partial charge in [-0.3, -0.25) is 0 Å². The monoisotopic (exact) mass is 237 g/mol. The van der Waals surface area contributed by atoms with Gasteiger partial charge in [0.2, 0.25) is 0 Å². The molecule has 0 aliphatic carbocycles. The number of methoxy groups -OCH3 is 1. The maximum Gasteiger partial charge on any atom is 0.119 e. The van der Waals surface area contributed by atoms with Crippen molar-refractivity contribution in [3.8, 4) is 17.6 Å². The Morgan fingerprint density at radius 1 is 1.06 bits per heavy atom. The van der Waals surface area contributed by atoms with E-state index in [1.807, 2.05) is 49.4 Å². The van der Waals surface area contributed by atoms with Crippen LogP contribution in [0.4, 0.5) is 5.69 Å². The summed E-state index contributed by atoms with van der Waals surface area (Å²) in [5, 5.41) is 0. The molecule has 0 amide bonds. The molecular formula is C16H15NO. The van der Waals surface area contributed by atoms with Gasteiger partial charge in [-0.15, -0.1) is 0 Å². The van der Waals surface area contributed by atoms with E-state index in [4.69, 9.17) is 10.5 Å². The summed E-state index contributed by atoms with van der Waals surface area (Å²) >= 11 is 0. The minimum atomic E-state index is 0.730. The van der Waals surface area contributed by atoms with Crippen LogP contribution in [0.3, 0.4) is 0 Å². The van der Waals surface area contributed by atoms with Crippen molar-refractivity contribution in [2.75, 3.05) is 12.8 Å². The van der Waals surface area contributed by atoms with Gasteiger partial charge in [-0.25, -0.2) is 0 Å². The van der Waals surface area contributed by atoms with Crippen LogP contribution in [-0.2, 0) is 0 Å².